The van der Waals surface area contributed by atoms with Gasteiger partial charge in [0.25, 0.3) is 11.1 Å². The Morgan fingerprint density at radius 3 is 1.82 bits per heavy atom. The topological polar surface area (TPSA) is 108 Å². The number of aromatic nitrogens is 2. The molecule has 174 valence electrons. The second-order valence-electron chi connectivity index (χ2n) is 6.85. The van der Waals surface area contributed by atoms with Crippen molar-refractivity contribution in [1.82, 2.24) is 9.13 Å². The van der Waals surface area contributed by atoms with Gasteiger partial charge < -0.3 is 18.4 Å². The standard InChI is InChI=1S/C11H8F3NO4S.C10H9NO2/c1-15-9(16)6-5-7-3-2-4-8(10(7)15)19-20(17,18)11(12,13)14;1-11-9(13)6-5-7-3-2-4-8(12)10(7)11/h2-6H,1H3;2-6,12H,1H3. The summed E-state index contributed by atoms with van der Waals surface area (Å²) in [7, 11) is -2.84. The monoisotopic (exact) mass is 482 g/mol. The Morgan fingerprint density at radius 2 is 1.27 bits per heavy atom. The van der Waals surface area contributed by atoms with Gasteiger partial charge in [0.05, 0.1) is 11.0 Å². The van der Waals surface area contributed by atoms with Crippen LogP contribution in [0.5, 0.6) is 11.5 Å². The minimum atomic E-state index is -5.79. The molecule has 2 aromatic carbocycles. The number of benzene rings is 2. The van der Waals surface area contributed by atoms with Gasteiger partial charge in [-0.05, 0) is 24.3 Å². The zero-order chi connectivity index (χ0) is 24.6. The summed E-state index contributed by atoms with van der Waals surface area (Å²) in [5.41, 5.74) is -5.61. The Labute approximate surface area is 184 Å². The van der Waals surface area contributed by atoms with E-state index in [4.69, 9.17) is 0 Å². The summed E-state index contributed by atoms with van der Waals surface area (Å²) in [6.07, 6.45) is 0. The number of pyridine rings is 2. The average molecular weight is 482 g/mol. The highest BCUT2D eigenvalue weighted by Gasteiger charge is 2.48. The first-order chi connectivity index (χ1) is 15.3. The number of hydrogen-bond donors (Lipinski definition) is 1. The van der Waals surface area contributed by atoms with Crippen LogP contribution < -0.4 is 15.3 Å². The number of fused-ring (bicyclic) bond motifs is 2. The number of aryl methyl sites for hydroxylation is 2. The minimum Gasteiger partial charge on any atom is -0.506 e. The molecule has 2 aromatic heterocycles. The van der Waals surface area contributed by atoms with E-state index in [-0.39, 0.29) is 16.8 Å². The molecule has 0 fully saturated rings. The molecule has 12 heteroatoms. The van der Waals surface area contributed by atoms with Crippen molar-refractivity contribution in [2.75, 3.05) is 0 Å². The fourth-order valence-electron chi connectivity index (χ4n) is 3.08. The number of phenolic OH excluding ortho intramolecular Hbond substituents is 1. The van der Waals surface area contributed by atoms with Crippen molar-refractivity contribution in [2.24, 2.45) is 14.1 Å². The molecular weight excluding hydrogens is 465 g/mol. The Morgan fingerprint density at radius 1 is 0.788 bits per heavy atom. The van der Waals surface area contributed by atoms with Crippen molar-refractivity contribution < 1.29 is 30.9 Å². The molecule has 0 saturated carbocycles. The van der Waals surface area contributed by atoms with Crippen molar-refractivity contribution in [3.05, 3.63) is 81.4 Å². The number of halogens is 3. The van der Waals surface area contributed by atoms with Crippen LogP contribution in [0.1, 0.15) is 0 Å². The van der Waals surface area contributed by atoms with Crippen LogP contribution in [0, 0.1) is 0 Å². The van der Waals surface area contributed by atoms with Crippen LogP contribution >= 0.6 is 0 Å². The van der Waals surface area contributed by atoms with Crippen LogP contribution in [0.2, 0.25) is 0 Å². The molecule has 1 N–H and O–H groups in total. The molecule has 33 heavy (non-hydrogen) atoms. The van der Waals surface area contributed by atoms with Gasteiger partial charge in [0.15, 0.2) is 5.75 Å². The largest absolute Gasteiger partial charge is 0.534 e. The number of hydrogen-bond acceptors (Lipinski definition) is 6. The normalized spacial score (nSPS) is 11.8. The van der Waals surface area contributed by atoms with Crippen molar-refractivity contribution in [3.63, 3.8) is 0 Å². The van der Waals surface area contributed by atoms with Gasteiger partial charge in [-0.3, -0.25) is 9.59 Å². The smallest absolute Gasteiger partial charge is 0.506 e. The number of alkyl halides is 3. The average Bonchev–Trinajstić information content (AvgIpc) is 2.73. The molecule has 8 nitrogen and oxygen atoms in total. The van der Waals surface area contributed by atoms with Crippen LogP contribution in [0.3, 0.4) is 0 Å². The predicted octanol–water partition coefficient (Wildman–Crippen LogP) is 3.01. The fourth-order valence-corrected chi connectivity index (χ4v) is 3.55. The summed E-state index contributed by atoms with van der Waals surface area (Å²) in [5, 5.41) is 10.8. The van der Waals surface area contributed by atoms with E-state index in [0.717, 1.165) is 16.0 Å². The Balaban J connectivity index is 0.000000203. The number of phenols is 1. The second-order valence-corrected chi connectivity index (χ2v) is 8.39. The second kappa shape index (κ2) is 8.62. The third-order valence-corrected chi connectivity index (χ3v) is 5.67. The first-order valence-corrected chi connectivity index (χ1v) is 10.6. The molecule has 0 saturated heterocycles. The van der Waals surface area contributed by atoms with E-state index in [1.807, 2.05) is 6.07 Å². The van der Waals surface area contributed by atoms with Crippen molar-refractivity contribution in [2.45, 2.75) is 5.51 Å². The molecule has 0 aliphatic carbocycles. The first-order valence-electron chi connectivity index (χ1n) is 9.21. The summed E-state index contributed by atoms with van der Waals surface area (Å²) < 4.78 is 65.6. The first kappa shape index (κ1) is 23.9. The van der Waals surface area contributed by atoms with Gasteiger partial charge in [0.1, 0.15) is 5.75 Å². The molecule has 2 heterocycles. The lowest BCUT2D eigenvalue weighted by atomic mass is 10.2. The van der Waals surface area contributed by atoms with Gasteiger partial charge in [-0.25, -0.2) is 0 Å². The lowest BCUT2D eigenvalue weighted by Crippen LogP contribution is -2.28. The minimum absolute atomic E-state index is 0.0344. The maximum atomic E-state index is 12.3. The summed E-state index contributed by atoms with van der Waals surface area (Å²) in [5.74, 6) is -0.419. The van der Waals surface area contributed by atoms with Crippen LogP contribution in [-0.2, 0) is 24.2 Å². The number of para-hydroxylation sites is 2. The fraction of sp³-hybridized carbons (Fsp3) is 0.143. The molecule has 4 aromatic rings. The van der Waals surface area contributed by atoms with Gasteiger partial charge in [-0.15, -0.1) is 0 Å². The highest BCUT2D eigenvalue weighted by atomic mass is 32.2. The van der Waals surface area contributed by atoms with E-state index in [1.54, 1.807) is 25.2 Å². The van der Waals surface area contributed by atoms with Crippen molar-refractivity contribution in [3.8, 4) is 11.5 Å². The van der Waals surface area contributed by atoms with Gasteiger partial charge in [0, 0.05) is 37.0 Å². The van der Waals surface area contributed by atoms with Crippen molar-refractivity contribution in [1.29, 1.82) is 0 Å². The number of rotatable bonds is 2. The molecule has 4 rings (SSSR count). The van der Waals surface area contributed by atoms with Crippen LogP contribution in [0.4, 0.5) is 13.2 Å². The van der Waals surface area contributed by atoms with Gasteiger partial charge in [-0.2, -0.15) is 21.6 Å². The molecule has 0 atom stereocenters. The lowest BCUT2D eigenvalue weighted by Gasteiger charge is -2.13. The third kappa shape index (κ3) is 4.70. The zero-order valence-electron chi connectivity index (χ0n) is 17.2. The van der Waals surface area contributed by atoms with E-state index in [9.17, 15) is 36.3 Å². The van der Waals surface area contributed by atoms with E-state index in [2.05, 4.69) is 4.18 Å². The Hall–Kier alpha value is -3.80. The summed E-state index contributed by atoms with van der Waals surface area (Å²) >= 11 is 0. The number of nitrogens with zero attached hydrogens (tertiary/aromatic N) is 2. The van der Waals surface area contributed by atoms with E-state index < -0.39 is 26.9 Å². The number of aromatic hydroxyl groups is 1. The quantitative estimate of drug-likeness (QED) is 0.348. The SMILES string of the molecule is Cn1c(=O)ccc2cccc(O)c21.Cn1c(=O)ccc2cccc(OS(=O)(=O)C(F)(F)F)c21. The van der Waals surface area contributed by atoms with E-state index >= 15 is 0 Å². The van der Waals surface area contributed by atoms with Crippen LogP contribution in [0.25, 0.3) is 21.8 Å². The highest BCUT2D eigenvalue weighted by molar-refractivity contribution is 7.88. The maximum absolute atomic E-state index is 12.3. The Bertz CT molecular complexity index is 1570. The van der Waals surface area contributed by atoms with E-state index in [1.165, 1.54) is 41.9 Å². The van der Waals surface area contributed by atoms with Crippen LogP contribution in [0.15, 0.2) is 70.3 Å². The third-order valence-electron chi connectivity index (χ3n) is 4.70. The molecule has 0 amide bonds. The van der Waals surface area contributed by atoms with E-state index in [0.29, 0.717) is 10.9 Å². The van der Waals surface area contributed by atoms with Crippen molar-refractivity contribution >= 4 is 31.9 Å². The highest BCUT2D eigenvalue weighted by Crippen LogP contribution is 2.30. The molecule has 0 spiro atoms. The maximum Gasteiger partial charge on any atom is 0.534 e. The van der Waals surface area contributed by atoms with Gasteiger partial charge in [0.2, 0.25) is 0 Å². The Kier molecular flexibility index (Phi) is 6.23. The molecular formula is C21H17F3N2O6S. The molecule has 0 aliphatic rings. The molecule has 0 unspecified atom stereocenters. The summed E-state index contributed by atoms with van der Waals surface area (Å²) in [4.78, 5) is 22.7. The van der Waals surface area contributed by atoms with Crippen LogP contribution in [-0.4, -0.2) is 28.2 Å². The molecule has 0 radical (unpaired) electrons. The van der Waals surface area contributed by atoms with Gasteiger partial charge in [-0.1, -0.05) is 24.3 Å². The predicted molar refractivity (Wildman–Crippen MR) is 116 cm³/mol. The lowest BCUT2D eigenvalue weighted by molar-refractivity contribution is -0.0499. The molecule has 0 bridgehead atoms. The zero-order valence-corrected chi connectivity index (χ0v) is 18.0. The summed E-state index contributed by atoms with van der Waals surface area (Å²) in [6, 6.07) is 14.8. The summed E-state index contributed by atoms with van der Waals surface area (Å²) in [6.45, 7) is 0. The molecule has 0 aliphatic heterocycles. The van der Waals surface area contributed by atoms with Gasteiger partial charge >= 0.3 is 15.6 Å².